The van der Waals surface area contributed by atoms with Crippen molar-refractivity contribution in [3.63, 3.8) is 0 Å². The SMILES string of the molecule is C[C@@H]1CC[C@@]2(OC1)O[C@H]1C[C@H]3[C@@H]4[C@H](CO)C=C5C[C@@H](C[C@@H]6O[C@H](CO)[C@@H](O[C@@H]7O[C@@H](C)[C@H](O)[C@@H](O)[C@H]7O)[C@H](O)[C@H]6O)CC[C@]5(C)[C@H]4CC[C@]3(C)[C@H]1[C@@H]2C. The van der Waals surface area contributed by atoms with Crippen LogP contribution in [-0.4, -0.2) is 129 Å². The highest BCUT2D eigenvalue weighted by atomic mass is 16.7. The fraction of sp³-hybridized carbons (Fsp3) is 0.951. The van der Waals surface area contributed by atoms with E-state index in [1.54, 1.807) is 0 Å². The molecule has 12 nitrogen and oxygen atoms in total. The summed E-state index contributed by atoms with van der Waals surface area (Å²) in [7, 11) is 0. The largest absolute Gasteiger partial charge is 0.396 e. The van der Waals surface area contributed by atoms with Crippen LogP contribution in [0.2, 0.25) is 0 Å². The Labute approximate surface area is 314 Å². The Hall–Kier alpha value is -0.740. The van der Waals surface area contributed by atoms with Crippen LogP contribution in [0, 0.1) is 58.2 Å². The molecule has 3 saturated carbocycles. The number of hydrogen-bond donors (Lipinski definition) is 7. The molecule has 22 atom stereocenters. The van der Waals surface area contributed by atoms with E-state index in [9.17, 15) is 35.7 Å². The van der Waals surface area contributed by atoms with E-state index in [0.717, 1.165) is 58.0 Å². The van der Waals surface area contributed by atoms with Gasteiger partial charge in [0, 0.05) is 24.9 Å². The normalized spacial score (nSPS) is 58.0. The summed E-state index contributed by atoms with van der Waals surface area (Å²) in [6.07, 6.45) is -1.10. The molecule has 4 aliphatic carbocycles. The number of aliphatic hydroxyl groups is 7. The number of allylic oxidation sites excluding steroid dienone is 1. The molecule has 0 radical (unpaired) electrons. The third-order valence-corrected chi connectivity index (χ3v) is 16.5. The van der Waals surface area contributed by atoms with Crippen LogP contribution in [-0.2, 0) is 23.7 Å². The van der Waals surface area contributed by atoms with Crippen LogP contribution < -0.4 is 0 Å². The van der Waals surface area contributed by atoms with Crippen LogP contribution in [0.3, 0.4) is 0 Å². The maximum absolute atomic E-state index is 11.3. The Bertz CT molecular complexity index is 1350. The van der Waals surface area contributed by atoms with Crippen LogP contribution in [0.5, 0.6) is 0 Å². The summed E-state index contributed by atoms with van der Waals surface area (Å²) in [6.45, 7) is 11.5. The number of aliphatic hydroxyl groups excluding tert-OH is 7. The monoisotopic (exact) mass is 750 g/mol. The van der Waals surface area contributed by atoms with Crippen molar-refractivity contribution in [2.45, 2.75) is 166 Å². The van der Waals surface area contributed by atoms with Crippen molar-refractivity contribution < 1.29 is 59.4 Å². The Kier molecular flexibility index (Phi) is 10.5. The van der Waals surface area contributed by atoms with E-state index in [-0.39, 0.29) is 35.4 Å². The lowest BCUT2D eigenvalue weighted by molar-refractivity contribution is -0.338. The van der Waals surface area contributed by atoms with Gasteiger partial charge in [-0.15, -0.1) is 0 Å². The summed E-state index contributed by atoms with van der Waals surface area (Å²) < 4.78 is 31.1. The highest BCUT2D eigenvalue weighted by Crippen LogP contribution is 2.71. The van der Waals surface area contributed by atoms with Gasteiger partial charge in [-0.2, -0.15) is 0 Å². The second-order valence-electron chi connectivity index (χ2n) is 19.3. The zero-order chi connectivity index (χ0) is 37.8. The quantitative estimate of drug-likeness (QED) is 0.197. The molecular formula is C41H66O12. The van der Waals surface area contributed by atoms with Gasteiger partial charge < -0.3 is 59.4 Å². The van der Waals surface area contributed by atoms with Gasteiger partial charge in [0.15, 0.2) is 12.1 Å². The van der Waals surface area contributed by atoms with E-state index < -0.39 is 73.6 Å². The molecule has 0 aromatic rings. The van der Waals surface area contributed by atoms with Gasteiger partial charge in [-0.1, -0.05) is 39.3 Å². The van der Waals surface area contributed by atoms with E-state index >= 15 is 0 Å². The minimum atomic E-state index is -1.60. The van der Waals surface area contributed by atoms with Crippen LogP contribution in [0.4, 0.5) is 0 Å². The number of fused-ring (bicyclic) bond motifs is 7. The lowest BCUT2D eigenvalue weighted by atomic mass is 9.44. The van der Waals surface area contributed by atoms with E-state index in [4.69, 9.17) is 23.7 Å². The standard InChI is InChI=1S/C41H66O12/c1-19-6-11-41(49-18-19)20(2)31-27(53-41)15-26-30-23(16-42)14-24-12-22(7-9-39(24,4)25(30)8-10-40(26,31)5)13-28-33(45)35(47)37(29(17-43)51-28)52-38-36(48)34(46)32(44)21(3)50-38/h14,19-23,25-38,42-48H,6-13,15-18H2,1-5H3/t19-,20+,21+,22+,23+,25+,26+,27+,28+,29-,30-,31+,32+,33+,34-,35-,36-,37-,38+,39+,40+,41-/m1/s1. The molecule has 0 bridgehead atoms. The first-order valence-corrected chi connectivity index (χ1v) is 20.8. The average Bonchev–Trinajstić information content (AvgIpc) is 3.59. The number of rotatable bonds is 6. The topological polar surface area (TPSA) is 188 Å². The summed E-state index contributed by atoms with van der Waals surface area (Å²) in [5.74, 6) is 2.56. The zero-order valence-electron chi connectivity index (χ0n) is 32.2. The summed E-state index contributed by atoms with van der Waals surface area (Å²) >= 11 is 0. The van der Waals surface area contributed by atoms with Gasteiger partial charge in [-0.25, -0.2) is 0 Å². The van der Waals surface area contributed by atoms with Gasteiger partial charge in [0.05, 0.1) is 31.5 Å². The summed E-state index contributed by atoms with van der Waals surface area (Å²) in [4.78, 5) is 0. The fourth-order valence-corrected chi connectivity index (χ4v) is 13.4. The summed E-state index contributed by atoms with van der Waals surface area (Å²) in [6, 6.07) is 0. The lowest BCUT2D eigenvalue weighted by Crippen LogP contribution is -2.64. The Morgan fingerprint density at radius 2 is 1.58 bits per heavy atom. The molecule has 4 aliphatic heterocycles. The van der Waals surface area contributed by atoms with Gasteiger partial charge in [0.25, 0.3) is 0 Å². The Balaban J connectivity index is 0.949. The van der Waals surface area contributed by atoms with E-state index in [1.165, 1.54) is 12.5 Å². The second-order valence-corrected chi connectivity index (χ2v) is 19.3. The van der Waals surface area contributed by atoms with Gasteiger partial charge in [-0.3, -0.25) is 0 Å². The van der Waals surface area contributed by atoms with Gasteiger partial charge in [-0.05, 0) is 105 Å². The van der Waals surface area contributed by atoms with Crippen molar-refractivity contribution in [1.29, 1.82) is 0 Å². The molecule has 7 fully saturated rings. The maximum Gasteiger partial charge on any atom is 0.187 e. The smallest absolute Gasteiger partial charge is 0.187 e. The van der Waals surface area contributed by atoms with Gasteiger partial charge in [0.2, 0.25) is 0 Å². The highest BCUT2D eigenvalue weighted by molar-refractivity contribution is 5.28. The first kappa shape index (κ1) is 39.1. The first-order chi connectivity index (χ1) is 25.2. The minimum Gasteiger partial charge on any atom is -0.396 e. The molecular weight excluding hydrogens is 684 g/mol. The van der Waals surface area contributed by atoms with Crippen molar-refractivity contribution in [2.75, 3.05) is 19.8 Å². The van der Waals surface area contributed by atoms with Crippen LogP contribution >= 0.6 is 0 Å². The number of ether oxygens (including phenoxy) is 5. The molecule has 7 N–H and O–H groups in total. The van der Waals surface area contributed by atoms with E-state index in [0.29, 0.717) is 41.9 Å². The molecule has 302 valence electrons. The third kappa shape index (κ3) is 6.15. The minimum absolute atomic E-state index is 0.0242. The highest BCUT2D eigenvalue weighted by Gasteiger charge is 2.69. The van der Waals surface area contributed by atoms with Crippen molar-refractivity contribution in [1.82, 2.24) is 0 Å². The van der Waals surface area contributed by atoms with Gasteiger partial charge in [0.1, 0.15) is 42.7 Å². The van der Waals surface area contributed by atoms with Crippen molar-refractivity contribution in [3.8, 4) is 0 Å². The molecule has 53 heavy (non-hydrogen) atoms. The average molecular weight is 751 g/mol. The lowest BCUT2D eigenvalue weighted by Gasteiger charge is -2.60. The number of hydrogen-bond acceptors (Lipinski definition) is 12. The van der Waals surface area contributed by atoms with E-state index in [2.05, 4.69) is 33.8 Å². The predicted octanol–water partition coefficient (Wildman–Crippen LogP) is 2.27. The van der Waals surface area contributed by atoms with Crippen LogP contribution in [0.25, 0.3) is 0 Å². The predicted molar refractivity (Wildman–Crippen MR) is 191 cm³/mol. The fourth-order valence-electron chi connectivity index (χ4n) is 13.4. The molecule has 1 spiro atoms. The Morgan fingerprint density at radius 1 is 0.811 bits per heavy atom. The van der Waals surface area contributed by atoms with Crippen molar-refractivity contribution in [3.05, 3.63) is 11.6 Å². The molecule has 0 unspecified atom stereocenters. The molecule has 8 aliphatic rings. The van der Waals surface area contributed by atoms with Crippen LogP contribution in [0.1, 0.15) is 92.4 Å². The van der Waals surface area contributed by atoms with Gasteiger partial charge >= 0.3 is 0 Å². The van der Waals surface area contributed by atoms with Crippen molar-refractivity contribution >= 4 is 0 Å². The first-order valence-electron chi connectivity index (χ1n) is 20.8. The molecule has 0 amide bonds. The van der Waals surface area contributed by atoms with Crippen molar-refractivity contribution in [2.24, 2.45) is 58.2 Å². The second kappa shape index (κ2) is 14.3. The molecule has 8 rings (SSSR count). The summed E-state index contributed by atoms with van der Waals surface area (Å²) in [5, 5.41) is 74.6. The van der Waals surface area contributed by atoms with Crippen LogP contribution in [0.15, 0.2) is 11.6 Å². The molecule has 0 aromatic heterocycles. The summed E-state index contributed by atoms with van der Waals surface area (Å²) in [5.41, 5.74) is 1.57. The van der Waals surface area contributed by atoms with E-state index in [1.807, 2.05) is 0 Å². The third-order valence-electron chi connectivity index (χ3n) is 16.5. The molecule has 0 aromatic carbocycles. The molecule has 4 saturated heterocycles. The molecule has 4 heterocycles. The zero-order valence-corrected chi connectivity index (χ0v) is 32.2. The molecule has 12 heteroatoms. The Morgan fingerprint density at radius 3 is 2.28 bits per heavy atom. The maximum atomic E-state index is 11.3.